The molecule has 1 aliphatic carbocycles. The lowest BCUT2D eigenvalue weighted by Gasteiger charge is -2.10. The molecule has 96 valence electrons. The highest BCUT2D eigenvalue weighted by atomic mass is 19.1. The number of nitrogens with zero attached hydrogens (tertiary/aromatic N) is 1. The van der Waals surface area contributed by atoms with Crippen molar-refractivity contribution < 1.29 is 4.39 Å². The lowest BCUT2D eigenvalue weighted by Crippen LogP contribution is -1.99. The summed E-state index contributed by atoms with van der Waals surface area (Å²) in [6.45, 7) is 1.93. The molecule has 1 aromatic carbocycles. The minimum absolute atomic E-state index is 0.00750. The van der Waals surface area contributed by atoms with Crippen LogP contribution < -0.4 is 0 Å². The number of hydrogen-bond acceptors (Lipinski definition) is 1. The van der Waals surface area contributed by atoms with Crippen molar-refractivity contribution >= 4 is 0 Å². The Hall–Kier alpha value is -0.890. The van der Waals surface area contributed by atoms with E-state index in [9.17, 15) is 4.39 Å². The third-order valence-corrected chi connectivity index (χ3v) is 2.95. The molecule has 0 saturated heterocycles. The van der Waals surface area contributed by atoms with Gasteiger partial charge in [0.1, 0.15) is 5.82 Å². The highest BCUT2D eigenvalue weighted by Gasteiger charge is 2.19. The second-order valence-electron chi connectivity index (χ2n) is 5.35. The number of benzene rings is 1. The molecule has 0 unspecified atom stereocenters. The molecule has 1 nitrogen and oxygen atoms in total. The first kappa shape index (κ1) is 14.2. The standard InChI is InChI=1S/C12H15F.C3H9N/c1-9-6-7-11(12(13)8-9)10-4-2-3-5-10;1-4(2)3/h6-8,10H,2-5H2,1H3;1-3H3. The van der Waals surface area contributed by atoms with E-state index in [-0.39, 0.29) is 5.82 Å². The van der Waals surface area contributed by atoms with Crippen molar-refractivity contribution in [1.82, 2.24) is 4.90 Å². The van der Waals surface area contributed by atoms with Gasteiger partial charge in [-0.25, -0.2) is 4.39 Å². The Morgan fingerprint density at radius 2 is 1.65 bits per heavy atom. The summed E-state index contributed by atoms with van der Waals surface area (Å²) in [6, 6.07) is 5.62. The molecule has 0 heterocycles. The Labute approximate surface area is 105 Å². The van der Waals surface area contributed by atoms with E-state index < -0.39 is 0 Å². The van der Waals surface area contributed by atoms with Crippen LogP contribution in [0.4, 0.5) is 4.39 Å². The molecule has 0 aliphatic heterocycles. The van der Waals surface area contributed by atoms with E-state index in [0.717, 1.165) is 11.1 Å². The van der Waals surface area contributed by atoms with E-state index in [2.05, 4.69) is 0 Å². The Kier molecular flexibility index (Phi) is 5.63. The zero-order valence-corrected chi connectivity index (χ0v) is 11.5. The van der Waals surface area contributed by atoms with Gasteiger partial charge in [-0.2, -0.15) is 0 Å². The van der Waals surface area contributed by atoms with Crippen molar-refractivity contribution in [3.8, 4) is 0 Å². The molecular formula is C15H24FN. The fraction of sp³-hybridized carbons (Fsp3) is 0.600. The average molecular weight is 237 g/mol. The summed E-state index contributed by atoms with van der Waals surface area (Å²) < 4.78 is 13.5. The molecule has 2 heteroatoms. The maximum absolute atomic E-state index is 13.5. The average Bonchev–Trinajstić information content (AvgIpc) is 2.69. The second-order valence-corrected chi connectivity index (χ2v) is 5.35. The predicted octanol–water partition coefficient (Wildman–Crippen LogP) is 3.97. The van der Waals surface area contributed by atoms with E-state index in [1.807, 2.05) is 45.1 Å². The van der Waals surface area contributed by atoms with Crippen LogP contribution in [0.1, 0.15) is 42.7 Å². The quantitative estimate of drug-likeness (QED) is 0.714. The van der Waals surface area contributed by atoms with Crippen LogP contribution in [0.3, 0.4) is 0 Å². The van der Waals surface area contributed by atoms with E-state index >= 15 is 0 Å². The van der Waals surface area contributed by atoms with Crippen LogP contribution in [0.5, 0.6) is 0 Å². The second kappa shape index (κ2) is 6.75. The zero-order valence-electron chi connectivity index (χ0n) is 11.5. The molecule has 0 spiro atoms. The summed E-state index contributed by atoms with van der Waals surface area (Å²) in [6.07, 6.45) is 4.86. The van der Waals surface area contributed by atoms with Gasteiger partial charge in [0.15, 0.2) is 0 Å². The van der Waals surface area contributed by atoms with Crippen LogP contribution in [-0.4, -0.2) is 26.0 Å². The van der Waals surface area contributed by atoms with Crippen LogP contribution in [0, 0.1) is 12.7 Å². The lowest BCUT2D eigenvalue weighted by atomic mass is 9.96. The third kappa shape index (κ3) is 4.86. The summed E-state index contributed by atoms with van der Waals surface area (Å²) in [5.41, 5.74) is 1.95. The summed E-state index contributed by atoms with van der Waals surface area (Å²) in [5, 5.41) is 0. The van der Waals surface area contributed by atoms with E-state index in [4.69, 9.17) is 0 Å². The smallest absolute Gasteiger partial charge is 0.126 e. The SMILES string of the molecule is CN(C)C.Cc1ccc(C2CCCC2)c(F)c1. The molecule has 2 rings (SSSR count). The first-order valence-corrected chi connectivity index (χ1v) is 6.37. The van der Waals surface area contributed by atoms with Gasteiger partial charge in [0, 0.05) is 0 Å². The monoisotopic (exact) mass is 237 g/mol. The molecule has 17 heavy (non-hydrogen) atoms. The van der Waals surface area contributed by atoms with Crippen LogP contribution >= 0.6 is 0 Å². The molecule has 0 amide bonds. The van der Waals surface area contributed by atoms with Crippen LogP contribution in [0.25, 0.3) is 0 Å². The Bertz CT molecular complexity index is 338. The minimum atomic E-state index is -0.00750. The summed E-state index contributed by atoms with van der Waals surface area (Å²) >= 11 is 0. The van der Waals surface area contributed by atoms with Crippen molar-refractivity contribution in [2.24, 2.45) is 0 Å². The highest BCUT2D eigenvalue weighted by Crippen LogP contribution is 2.35. The fourth-order valence-corrected chi connectivity index (χ4v) is 2.20. The van der Waals surface area contributed by atoms with Crippen LogP contribution in [0.15, 0.2) is 18.2 Å². The first-order valence-electron chi connectivity index (χ1n) is 6.37. The number of aryl methyl sites for hydroxylation is 1. The fourth-order valence-electron chi connectivity index (χ4n) is 2.20. The molecular weight excluding hydrogens is 213 g/mol. The largest absolute Gasteiger partial charge is 0.312 e. The minimum Gasteiger partial charge on any atom is -0.312 e. The normalized spacial score (nSPS) is 15.9. The van der Waals surface area contributed by atoms with E-state index in [1.54, 1.807) is 6.07 Å². The number of rotatable bonds is 1. The summed E-state index contributed by atoms with van der Waals surface area (Å²) in [5.74, 6) is 0.479. The number of halogens is 1. The Balaban J connectivity index is 0.000000317. The third-order valence-electron chi connectivity index (χ3n) is 2.95. The van der Waals surface area contributed by atoms with Gasteiger partial charge in [-0.15, -0.1) is 0 Å². The van der Waals surface area contributed by atoms with Crippen molar-refractivity contribution in [2.45, 2.75) is 38.5 Å². The van der Waals surface area contributed by atoms with Gasteiger partial charge in [0.05, 0.1) is 0 Å². The molecule has 0 bridgehead atoms. The van der Waals surface area contributed by atoms with Crippen LogP contribution in [-0.2, 0) is 0 Å². The topological polar surface area (TPSA) is 3.24 Å². The van der Waals surface area contributed by atoms with Gasteiger partial charge in [-0.05, 0) is 64.0 Å². The number of hydrogen-bond donors (Lipinski definition) is 0. The maximum Gasteiger partial charge on any atom is 0.126 e. The van der Waals surface area contributed by atoms with E-state index in [0.29, 0.717) is 5.92 Å². The van der Waals surface area contributed by atoms with Crippen molar-refractivity contribution in [2.75, 3.05) is 21.1 Å². The molecule has 1 aliphatic rings. The summed E-state index contributed by atoms with van der Waals surface area (Å²) in [7, 11) is 6.00. The molecule has 1 fully saturated rings. The van der Waals surface area contributed by atoms with Crippen molar-refractivity contribution in [3.05, 3.63) is 35.1 Å². The molecule has 0 aromatic heterocycles. The molecule has 1 saturated carbocycles. The van der Waals surface area contributed by atoms with Crippen molar-refractivity contribution in [3.63, 3.8) is 0 Å². The van der Waals surface area contributed by atoms with E-state index in [1.165, 1.54) is 25.7 Å². The first-order chi connectivity index (χ1) is 8.00. The van der Waals surface area contributed by atoms with Gasteiger partial charge in [0.25, 0.3) is 0 Å². The highest BCUT2D eigenvalue weighted by molar-refractivity contribution is 5.26. The van der Waals surface area contributed by atoms with Gasteiger partial charge in [0.2, 0.25) is 0 Å². The van der Waals surface area contributed by atoms with Gasteiger partial charge < -0.3 is 4.90 Å². The summed E-state index contributed by atoms with van der Waals surface area (Å²) in [4.78, 5) is 2.00. The predicted molar refractivity (Wildman–Crippen MR) is 72.0 cm³/mol. The maximum atomic E-state index is 13.5. The van der Waals surface area contributed by atoms with Gasteiger partial charge in [-0.3, -0.25) is 0 Å². The molecule has 0 atom stereocenters. The van der Waals surface area contributed by atoms with Crippen LogP contribution in [0.2, 0.25) is 0 Å². The Morgan fingerprint density at radius 1 is 1.12 bits per heavy atom. The lowest BCUT2D eigenvalue weighted by molar-refractivity contribution is 0.505. The van der Waals surface area contributed by atoms with Gasteiger partial charge in [-0.1, -0.05) is 25.0 Å². The molecule has 0 radical (unpaired) electrons. The van der Waals surface area contributed by atoms with Gasteiger partial charge >= 0.3 is 0 Å². The molecule has 0 N–H and O–H groups in total. The molecule has 1 aromatic rings. The Morgan fingerprint density at radius 3 is 2.12 bits per heavy atom. The van der Waals surface area contributed by atoms with Crippen molar-refractivity contribution in [1.29, 1.82) is 0 Å². The zero-order chi connectivity index (χ0) is 12.8.